The third-order valence-corrected chi connectivity index (χ3v) is 5.39. The molecule has 132 valence electrons. The number of carbonyl (C=O) groups is 1. The average molecular weight is 362 g/mol. The van der Waals surface area contributed by atoms with E-state index in [0.29, 0.717) is 16.9 Å². The predicted octanol–water partition coefficient (Wildman–Crippen LogP) is 4.68. The fourth-order valence-electron chi connectivity index (χ4n) is 2.89. The number of rotatable bonds is 2. The van der Waals surface area contributed by atoms with Crippen LogP contribution in [-0.2, 0) is 12.0 Å². The largest absolute Gasteiger partial charge is 0.304 e. The van der Waals surface area contributed by atoms with E-state index in [1.807, 2.05) is 54.0 Å². The molecule has 0 N–H and O–H groups in total. The normalized spacial score (nSPS) is 12.3. The second-order valence-corrected chi connectivity index (χ2v) is 8.35. The van der Waals surface area contributed by atoms with E-state index in [0.717, 1.165) is 15.8 Å². The molecule has 3 rings (SSSR count). The van der Waals surface area contributed by atoms with E-state index >= 15 is 0 Å². The molecule has 0 radical (unpaired) electrons. The number of thiazole rings is 1. The fraction of sp³-hybridized carbons (Fsp3) is 0.273. The molecule has 3 aromatic rings. The lowest BCUT2D eigenvalue weighted by atomic mass is 9.87. The van der Waals surface area contributed by atoms with Gasteiger partial charge in [-0.2, -0.15) is 4.99 Å². The predicted molar refractivity (Wildman–Crippen MR) is 108 cm³/mol. The molecule has 0 saturated carbocycles. The van der Waals surface area contributed by atoms with Crippen LogP contribution in [0.1, 0.15) is 42.3 Å². The maximum Gasteiger partial charge on any atom is 0.279 e. The Morgan fingerprint density at radius 2 is 1.88 bits per heavy atom. The summed E-state index contributed by atoms with van der Waals surface area (Å²) in [5, 5.41) is 0. The molecule has 3 nitrogen and oxygen atoms in total. The number of aromatic nitrogens is 1. The molecular formula is C22H22N2OS. The lowest BCUT2D eigenvalue weighted by molar-refractivity contribution is 0.0998. The number of carbonyl (C=O) groups excluding carboxylic acids is 1. The van der Waals surface area contributed by atoms with Crippen LogP contribution >= 0.6 is 11.3 Å². The van der Waals surface area contributed by atoms with Crippen LogP contribution in [-0.4, -0.2) is 10.5 Å². The smallest absolute Gasteiger partial charge is 0.279 e. The van der Waals surface area contributed by atoms with Crippen molar-refractivity contribution in [3.63, 3.8) is 0 Å². The van der Waals surface area contributed by atoms with Crippen molar-refractivity contribution in [2.75, 3.05) is 0 Å². The third-order valence-electron chi connectivity index (χ3n) is 4.35. The van der Waals surface area contributed by atoms with Crippen molar-refractivity contribution in [3.8, 4) is 12.3 Å². The zero-order chi connectivity index (χ0) is 18.9. The van der Waals surface area contributed by atoms with Crippen LogP contribution in [0.2, 0.25) is 0 Å². The van der Waals surface area contributed by atoms with Crippen LogP contribution in [0.15, 0.2) is 47.5 Å². The van der Waals surface area contributed by atoms with Crippen LogP contribution in [0.25, 0.3) is 10.2 Å². The molecule has 0 unspecified atom stereocenters. The van der Waals surface area contributed by atoms with Crippen LogP contribution in [0.4, 0.5) is 0 Å². The van der Waals surface area contributed by atoms with E-state index in [-0.39, 0.29) is 11.3 Å². The summed E-state index contributed by atoms with van der Waals surface area (Å²) in [6.45, 7) is 8.88. The lowest BCUT2D eigenvalue weighted by Gasteiger charge is -2.18. The maximum absolute atomic E-state index is 12.7. The van der Waals surface area contributed by atoms with Crippen molar-refractivity contribution < 1.29 is 4.79 Å². The van der Waals surface area contributed by atoms with E-state index in [2.05, 4.69) is 31.7 Å². The number of amides is 1. The van der Waals surface area contributed by atoms with Gasteiger partial charge in [-0.3, -0.25) is 4.79 Å². The highest BCUT2D eigenvalue weighted by atomic mass is 32.1. The Kier molecular flexibility index (Phi) is 4.84. The van der Waals surface area contributed by atoms with Gasteiger partial charge < -0.3 is 4.57 Å². The molecule has 1 aromatic heterocycles. The average Bonchev–Trinajstić information content (AvgIpc) is 2.93. The van der Waals surface area contributed by atoms with Gasteiger partial charge in [-0.1, -0.05) is 62.3 Å². The molecule has 26 heavy (non-hydrogen) atoms. The Morgan fingerprint density at radius 1 is 1.19 bits per heavy atom. The molecule has 0 aliphatic heterocycles. The molecule has 2 aromatic carbocycles. The Balaban J connectivity index is 2.07. The number of hydrogen-bond donors (Lipinski definition) is 0. The van der Waals surface area contributed by atoms with Crippen LogP contribution < -0.4 is 4.80 Å². The van der Waals surface area contributed by atoms with Gasteiger partial charge in [-0.25, -0.2) is 0 Å². The minimum Gasteiger partial charge on any atom is -0.304 e. The van der Waals surface area contributed by atoms with Gasteiger partial charge in [0.15, 0.2) is 4.80 Å². The Morgan fingerprint density at radius 3 is 2.50 bits per heavy atom. The summed E-state index contributed by atoms with van der Waals surface area (Å²) >= 11 is 1.49. The first-order valence-corrected chi connectivity index (χ1v) is 9.35. The summed E-state index contributed by atoms with van der Waals surface area (Å²) in [5.74, 6) is 2.42. The third kappa shape index (κ3) is 3.49. The van der Waals surface area contributed by atoms with E-state index in [9.17, 15) is 4.79 Å². The van der Waals surface area contributed by atoms with E-state index < -0.39 is 0 Å². The SMILES string of the molecule is C#CCn1c(=NC(=O)c2ccc(C(C)(C)C)cc2)sc2cccc(C)c21. The number of fused-ring (bicyclic) bond motifs is 1. The highest BCUT2D eigenvalue weighted by molar-refractivity contribution is 7.16. The van der Waals surface area contributed by atoms with E-state index in [4.69, 9.17) is 6.42 Å². The first-order chi connectivity index (χ1) is 12.3. The fourth-order valence-corrected chi connectivity index (χ4v) is 4.00. The minimum atomic E-state index is -0.250. The molecule has 1 amide bonds. The molecule has 0 atom stereocenters. The molecule has 1 heterocycles. The number of para-hydroxylation sites is 1. The Hall–Kier alpha value is -2.64. The number of nitrogens with zero attached hydrogens (tertiary/aromatic N) is 2. The van der Waals surface area contributed by atoms with Gasteiger partial charge in [0.05, 0.1) is 16.8 Å². The molecule has 0 aliphatic rings. The number of benzene rings is 2. The molecule has 0 saturated heterocycles. The van der Waals surface area contributed by atoms with Gasteiger partial charge in [-0.05, 0) is 41.7 Å². The van der Waals surface area contributed by atoms with Crippen molar-refractivity contribution in [2.45, 2.75) is 39.7 Å². The highest BCUT2D eigenvalue weighted by Crippen LogP contribution is 2.23. The maximum atomic E-state index is 12.7. The summed E-state index contributed by atoms with van der Waals surface area (Å²) in [6.07, 6.45) is 5.54. The van der Waals surface area contributed by atoms with Gasteiger partial charge in [0.1, 0.15) is 0 Å². The van der Waals surface area contributed by atoms with Gasteiger partial charge in [-0.15, -0.1) is 6.42 Å². The molecule has 0 fully saturated rings. The van der Waals surface area contributed by atoms with Crippen molar-refractivity contribution in [2.24, 2.45) is 4.99 Å². The number of hydrogen-bond acceptors (Lipinski definition) is 2. The van der Waals surface area contributed by atoms with Crippen molar-refractivity contribution in [1.82, 2.24) is 4.57 Å². The topological polar surface area (TPSA) is 34.4 Å². The van der Waals surface area contributed by atoms with Crippen molar-refractivity contribution >= 4 is 27.5 Å². The molecule has 0 bridgehead atoms. The van der Waals surface area contributed by atoms with Gasteiger partial charge in [0.2, 0.25) is 0 Å². The summed E-state index contributed by atoms with van der Waals surface area (Å²) < 4.78 is 3.02. The summed E-state index contributed by atoms with van der Waals surface area (Å²) in [4.78, 5) is 17.7. The van der Waals surface area contributed by atoms with Crippen molar-refractivity contribution in [3.05, 3.63) is 64.0 Å². The van der Waals surface area contributed by atoms with Gasteiger partial charge >= 0.3 is 0 Å². The zero-order valence-electron chi connectivity index (χ0n) is 15.5. The standard InChI is InChI=1S/C22H22N2OS/c1-6-14-24-19-15(2)8-7-9-18(19)26-21(24)23-20(25)16-10-12-17(13-11-16)22(3,4)5/h1,7-13H,14H2,2-5H3. The zero-order valence-corrected chi connectivity index (χ0v) is 16.4. The molecular weight excluding hydrogens is 340 g/mol. The Labute approximate surface area is 158 Å². The Bertz CT molecular complexity index is 1070. The molecule has 0 spiro atoms. The highest BCUT2D eigenvalue weighted by Gasteiger charge is 2.15. The van der Waals surface area contributed by atoms with Crippen LogP contribution in [0, 0.1) is 19.3 Å². The van der Waals surface area contributed by atoms with Gasteiger partial charge in [0, 0.05) is 5.56 Å². The van der Waals surface area contributed by atoms with E-state index in [1.54, 1.807) is 0 Å². The molecule has 0 aliphatic carbocycles. The first-order valence-electron chi connectivity index (χ1n) is 8.53. The minimum absolute atomic E-state index is 0.0531. The van der Waals surface area contributed by atoms with Crippen LogP contribution in [0.5, 0.6) is 0 Å². The second-order valence-electron chi connectivity index (χ2n) is 7.34. The summed E-state index contributed by atoms with van der Waals surface area (Å²) in [5.41, 5.74) is 3.99. The van der Waals surface area contributed by atoms with E-state index in [1.165, 1.54) is 16.9 Å². The molecule has 4 heteroatoms. The number of aryl methyl sites for hydroxylation is 1. The monoisotopic (exact) mass is 362 g/mol. The summed E-state index contributed by atoms with van der Waals surface area (Å²) in [6, 6.07) is 13.7. The van der Waals surface area contributed by atoms with Gasteiger partial charge in [0.25, 0.3) is 5.91 Å². The quantitative estimate of drug-likeness (QED) is 0.609. The second kappa shape index (κ2) is 6.93. The lowest BCUT2D eigenvalue weighted by Crippen LogP contribution is -2.17. The number of terminal acetylenes is 1. The van der Waals surface area contributed by atoms with Crippen LogP contribution in [0.3, 0.4) is 0 Å². The summed E-state index contributed by atoms with van der Waals surface area (Å²) in [7, 11) is 0. The van der Waals surface area contributed by atoms with Crippen molar-refractivity contribution in [1.29, 1.82) is 0 Å². The first kappa shape index (κ1) is 18.2.